The van der Waals surface area contributed by atoms with Gasteiger partial charge in [0.1, 0.15) is 0 Å². The average molecular weight is 232 g/mol. The van der Waals surface area contributed by atoms with E-state index >= 15 is 0 Å². The molecule has 4 heteroatoms. The molecule has 0 amide bonds. The van der Waals surface area contributed by atoms with Crippen LogP contribution in [0.25, 0.3) is 10.9 Å². The molecule has 0 aliphatic carbocycles. The lowest BCUT2D eigenvalue weighted by Gasteiger charge is -2.17. The van der Waals surface area contributed by atoms with Crippen molar-refractivity contribution in [3.8, 4) is 0 Å². The minimum atomic E-state index is -0.347. The fourth-order valence-electron chi connectivity index (χ4n) is 1.80. The molecule has 0 radical (unpaired) electrons. The van der Waals surface area contributed by atoms with Crippen molar-refractivity contribution in [1.29, 1.82) is 0 Å². The van der Waals surface area contributed by atoms with Gasteiger partial charge >= 0.3 is 0 Å². The second-order valence-electron chi connectivity index (χ2n) is 4.03. The van der Waals surface area contributed by atoms with Crippen LogP contribution >= 0.6 is 0 Å². The minimum Gasteiger partial charge on any atom is -0.394 e. The zero-order valence-electron chi connectivity index (χ0n) is 9.72. The third-order valence-corrected chi connectivity index (χ3v) is 2.64. The van der Waals surface area contributed by atoms with Crippen molar-refractivity contribution >= 4 is 16.6 Å². The smallest absolute Gasteiger partial charge is 0.0725 e. The predicted octanol–water partition coefficient (Wildman–Crippen LogP) is 1.31. The first-order valence-corrected chi connectivity index (χ1v) is 5.59. The quantitative estimate of drug-likeness (QED) is 0.743. The van der Waals surface area contributed by atoms with E-state index in [1.165, 1.54) is 0 Å². The second-order valence-corrected chi connectivity index (χ2v) is 4.03. The van der Waals surface area contributed by atoms with E-state index in [4.69, 9.17) is 10.2 Å². The summed E-state index contributed by atoms with van der Waals surface area (Å²) in [7, 11) is 0. The number of pyridine rings is 1. The molecule has 1 aromatic heterocycles. The van der Waals surface area contributed by atoms with Gasteiger partial charge in [0.25, 0.3) is 0 Å². The fraction of sp³-hybridized carbons (Fsp3) is 0.308. The van der Waals surface area contributed by atoms with Crippen LogP contribution in [0.2, 0.25) is 0 Å². The SMILES string of the molecule is Cc1cc(NC(CO)CO)c2ccccc2n1. The molecule has 4 nitrogen and oxygen atoms in total. The van der Waals surface area contributed by atoms with E-state index in [1.54, 1.807) is 0 Å². The molecule has 0 saturated heterocycles. The number of para-hydroxylation sites is 1. The molecule has 2 rings (SSSR count). The van der Waals surface area contributed by atoms with Crippen LogP contribution in [0.4, 0.5) is 5.69 Å². The Morgan fingerprint density at radius 1 is 1.24 bits per heavy atom. The summed E-state index contributed by atoms with van der Waals surface area (Å²) >= 11 is 0. The van der Waals surface area contributed by atoms with E-state index in [1.807, 2.05) is 37.3 Å². The molecule has 0 aliphatic rings. The first kappa shape index (κ1) is 11.8. The van der Waals surface area contributed by atoms with Crippen LogP contribution < -0.4 is 5.32 Å². The van der Waals surface area contributed by atoms with Crippen LogP contribution in [0, 0.1) is 6.92 Å². The molecule has 17 heavy (non-hydrogen) atoms. The number of aliphatic hydroxyl groups is 2. The van der Waals surface area contributed by atoms with Crippen LogP contribution in [0.15, 0.2) is 30.3 Å². The van der Waals surface area contributed by atoms with Crippen molar-refractivity contribution in [1.82, 2.24) is 4.98 Å². The predicted molar refractivity (Wildman–Crippen MR) is 68.1 cm³/mol. The van der Waals surface area contributed by atoms with Crippen molar-refractivity contribution in [3.05, 3.63) is 36.0 Å². The van der Waals surface area contributed by atoms with Gasteiger partial charge in [-0.25, -0.2) is 0 Å². The molecule has 2 aromatic rings. The number of anilines is 1. The van der Waals surface area contributed by atoms with Gasteiger partial charge in [-0.1, -0.05) is 18.2 Å². The average Bonchev–Trinajstić information content (AvgIpc) is 2.35. The topological polar surface area (TPSA) is 65.4 Å². The van der Waals surface area contributed by atoms with Crippen molar-refractivity contribution in [2.24, 2.45) is 0 Å². The Balaban J connectivity index is 2.44. The fourth-order valence-corrected chi connectivity index (χ4v) is 1.80. The molecule has 0 atom stereocenters. The van der Waals surface area contributed by atoms with E-state index < -0.39 is 0 Å². The Labute approximate surface area is 99.9 Å². The Bertz CT molecular complexity index is 510. The van der Waals surface area contributed by atoms with Gasteiger partial charge in [-0.3, -0.25) is 4.98 Å². The van der Waals surface area contributed by atoms with E-state index in [0.29, 0.717) is 0 Å². The van der Waals surface area contributed by atoms with Gasteiger partial charge in [-0.2, -0.15) is 0 Å². The molecule has 0 aliphatic heterocycles. The van der Waals surface area contributed by atoms with Crippen molar-refractivity contribution in [3.63, 3.8) is 0 Å². The third kappa shape index (κ3) is 2.54. The van der Waals surface area contributed by atoms with Crippen LogP contribution in [-0.2, 0) is 0 Å². The summed E-state index contributed by atoms with van der Waals surface area (Å²) in [4.78, 5) is 4.43. The Hall–Kier alpha value is -1.65. The highest BCUT2D eigenvalue weighted by atomic mass is 16.3. The summed E-state index contributed by atoms with van der Waals surface area (Å²) in [5, 5.41) is 22.3. The van der Waals surface area contributed by atoms with Gasteiger partial charge in [0.05, 0.1) is 24.8 Å². The highest BCUT2D eigenvalue weighted by Gasteiger charge is 2.09. The van der Waals surface area contributed by atoms with Gasteiger partial charge in [-0.05, 0) is 19.1 Å². The molecule has 1 heterocycles. The third-order valence-electron chi connectivity index (χ3n) is 2.64. The van der Waals surface area contributed by atoms with Crippen LogP contribution in [0.5, 0.6) is 0 Å². The summed E-state index contributed by atoms with van der Waals surface area (Å²) in [6, 6.07) is 9.36. The molecule has 90 valence electrons. The Morgan fingerprint density at radius 3 is 2.65 bits per heavy atom. The molecule has 0 spiro atoms. The van der Waals surface area contributed by atoms with E-state index in [0.717, 1.165) is 22.3 Å². The van der Waals surface area contributed by atoms with Crippen LogP contribution in [-0.4, -0.2) is 34.5 Å². The maximum Gasteiger partial charge on any atom is 0.0725 e. The number of rotatable bonds is 4. The molecule has 0 saturated carbocycles. The van der Waals surface area contributed by atoms with Gasteiger partial charge in [-0.15, -0.1) is 0 Å². The molecular weight excluding hydrogens is 216 g/mol. The minimum absolute atomic E-state index is 0.105. The van der Waals surface area contributed by atoms with Crippen LogP contribution in [0.3, 0.4) is 0 Å². The lowest BCUT2D eigenvalue weighted by atomic mass is 10.1. The Kier molecular flexibility index (Phi) is 3.56. The number of nitrogens with one attached hydrogen (secondary N) is 1. The first-order valence-electron chi connectivity index (χ1n) is 5.59. The molecule has 0 unspecified atom stereocenters. The van der Waals surface area contributed by atoms with E-state index in [2.05, 4.69) is 10.3 Å². The van der Waals surface area contributed by atoms with Gasteiger partial charge in [0, 0.05) is 16.8 Å². The summed E-state index contributed by atoms with van der Waals surface area (Å²) in [5.41, 5.74) is 2.70. The number of aryl methyl sites for hydroxylation is 1. The summed E-state index contributed by atoms with van der Waals surface area (Å²) < 4.78 is 0. The van der Waals surface area contributed by atoms with Crippen molar-refractivity contribution < 1.29 is 10.2 Å². The van der Waals surface area contributed by atoms with Crippen molar-refractivity contribution in [2.45, 2.75) is 13.0 Å². The van der Waals surface area contributed by atoms with E-state index in [-0.39, 0.29) is 19.3 Å². The standard InChI is InChI=1S/C13H16N2O2/c1-9-6-13(15-10(7-16)8-17)11-4-2-3-5-12(11)14-9/h2-6,10,16-17H,7-8H2,1H3,(H,14,15). The lowest BCUT2D eigenvalue weighted by Crippen LogP contribution is -2.27. The number of nitrogens with zero attached hydrogens (tertiary/aromatic N) is 1. The van der Waals surface area contributed by atoms with Gasteiger partial charge in [0.2, 0.25) is 0 Å². The van der Waals surface area contributed by atoms with E-state index in [9.17, 15) is 0 Å². The number of hydrogen-bond acceptors (Lipinski definition) is 4. The zero-order chi connectivity index (χ0) is 12.3. The number of benzene rings is 1. The summed E-state index contributed by atoms with van der Waals surface area (Å²) in [6.45, 7) is 1.71. The number of hydrogen-bond donors (Lipinski definition) is 3. The molecule has 3 N–H and O–H groups in total. The normalized spacial score (nSPS) is 11.1. The Morgan fingerprint density at radius 2 is 1.94 bits per heavy atom. The zero-order valence-corrected chi connectivity index (χ0v) is 9.72. The highest BCUT2D eigenvalue weighted by Crippen LogP contribution is 2.23. The monoisotopic (exact) mass is 232 g/mol. The first-order chi connectivity index (χ1) is 8.24. The van der Waals surface area contributed by atoms with Gasteiger partial charge < -0.3 is 15.5 Å². The van der Waals surface area contributed by atoms with Crippen LogP contribution in [0.1, 0.15) is 5.69 Å². The summed E-state index contributed by atoms with van der Waals surface area (Å²) in [6.07, 6.45) is 0. The van der Waals surface area contributed by atoms with Gasteiger partial charge in [0.15, 0.2) is 0 Å². The van der Waals surface area contributed by atoms with Crippen molar-refractivity contribution in [2.75, 3.05) is 18.5 Å². The largest absolute Gasteiger partial charge is 0.394 e. The highest BCUT2D eigenvalue weighted by molar-refractivity contribution is 5.91. The second kappa shape index (κ2) is 5.12. The molecule has 0 bridgehead atoms. The lowest BCUT2D eigenvalue weighted by molar-refractivity contribution is 0.204. The maximum absolute atomic E-state index is 9.09. The molecule has 1 aromatic carbocycles. The number of aliphatic hydroxyl groups excluding tert-OH is 2. The molecule has 0 fully saturated rings. The summed E-state index contributed by atoms with van der Waals surface area (Å²) in [5.74, 6) is 0. The maximum atomic E-state index is 9.09. The molecular formula is C13H16N2O2. The number of aromatic nitrogens is 1. The number of fused-ring (bicyclic) bond motifs is 1.